The number of phosphoric ester groups is 1. The van der Waals surface area contributed by atoms with Crippen LogP contribution < -0.4 is 11.4 Å². The van der Waals surface area contributed by atoms with Gasteiger partial charge in [-0.1, -0.05) is 18.2 Å². The Morgan fingerprint density at radius 1 is 1.17 bits per heavy atom. The molecule has 24 heavy (non-hydrogen) atoms. The monoisotopic (exact) mass is 361 g/mol. The van der Waals surface area contributed by atoms with Crippen LogP contribution in [-0.2, 0) is 18.6 Å². The van der Waals surface area contributed by atoms with Gasteiger partial charge in [0.25, 0.3) is 0 Å². The van der Waals surface area contributed by atoms with Crippen molar-refractivity contribution in [2.45, 2.75) is 6.92 Å². The first-order valence-corrected chi connectivity index (χ1v) is 8.21. The van der Waals surface area contributed by atoms with Gasteiger partial charge in [0.15, 0.2) is 0 Å². The Bertz CT molecular complexity index is 724. The predicted molar refractivity (Wildman–Crippen MR) is 87.2 cm³/mol. The lowest BCUT2D eigenvalue weighted by atomic mass is 10.2. The molecule has 10 heteroatoms. The van der Waals surface area contributed by atoms with E-state index >= 15 is 0 Å². The zero-order chi connectivity index (χ0) is 18.6. The minimum absolute atomic E-state index is 0.152. The zero-order valence-electron chi connectivity index (χ0n) is 13.2. The van der Waals surface area contributed by atoms with Crippen molar-refractivity contribution < 1.29 is 32.8 Å². The standard InChI is InChI=1S/C9H6O2.C4H9O6P.CH5N/c10-9-6-5-7-3-1-2-4-8(7)11-9;1-4(5)9-2-3-10-11(6,7)8;1-2/h1-6H;2-3H2,1H3,(H2,6,7,8);2H2,1H3. The number of hydrogen-bond acceptors (Lipinski definition) is 7. The average Bonchev–Trinajstić information content (AvgIpc) is 2.53. The van der Waals surface area contributed by atoms with Crippen molar-refractivity contribution in [2.75, 3.05) is 20.3 Å². The first kappa shape index (κ1) is 22.0. The summed E-state index contributed by atoms with van der Waals surface area (Å²) in [6.45, 7) is 0.738. The van der Waals surface area contributed by atoms with Gasteiger partial charge < -0.3 is 24.7 Å². The molecule has 2 aromatic rings. The van der Waals surface area contributed by atoms with Crippen LogP contribution in [0.15, 0.2) is 45.6 Å². The summed E-state index contributed by atoms with van der Waals surface area (Å²) in [5, 5.41) is 0.951. The van der Waals surface area contributed by atoms with Gasteiger partial charge in [-0.3, -0.25) is 9.32 Å². The van der Waals surface area contributed by atoms with Gasteiger partial charge in [-0.2, -0.15) is 0 Å². The molecule has 0 aliphatic carbocycles. The Morgan fingerprint density at radius 2 is 1.79 bits per heavy atom. The van der Waals surface area contributed by atoms with Crippen molar-refractivity contribution in [3.05, 3.63) is 46.8 Å². The van der Waals surface area contributed by atoms with Gasteiger partial charge in [-0.05, 0) is 19.2 Å². The van der Waals surface area contributed by atoms with Gasteiger partial charge in [0.1, 0.15) is 12.2 Å². The van der Waals surface area contributed by atoms with Crippen LogP contribution in [0.2, 0.25) is 0 Å². The number of phosphoric acid groups is 1. The van der Waals surface area contributed by atoms with Crippen molar-refractivity contribution in [3.8, 4) is 0 Å². The number of para-hydroxylation sites is 1. The predicted octanol–water partition coefficient (Wildman–Crippen LogP) is 1.03. The number of carbonyl (C=O) groups is 1. The van der Waals surface area contributed by atoms with Crippen molar-refractivity contribution in [1.29, 1.82) is 0 Å². The van der Waals surface area contributed by atoms with Crippen molar-refractivity contribution in [2.24, 2.45) is 5.73 Å². The second-order valence-electron chi connectivity index (χ2n) is 3.96. The van der Waals surface area contributed by atoms with Gasteiger partial charge >= 0.3 is 19.4 Å². The summed E-state index contributed by atoms with van der Waals surface area (Å²) < 4.78 is 23.2. The highest BCUT2D eigenvalue weighted by molar-refractivity contribution is 7.46. The highest BCUT2D eigenvalue weighted by Crippen LogP contribution is 2.35. The van der Waals surface area contributed by atoms with E-state index in [1.54, 1.807) is 12.1 Å². The Labute approximate surface area is 138 Å². The van der Waals surface area contributed by atoms with E-state index in [4.69, 9.17) is 14.2 Å². The second-order valence-corrected chi connectivity index (χ2v) is 5.20. The Balaban J connectivity index is 0.000000400. The fourth-order valence-corrected chi connectivity index (χ4v) is 1.67. The Morgan fingerprint density at radius 3 is 2.38 bits per heavy atom. The third-order valence-electron chi connectivity index (χ3n) is 2.18. The summed E-state index contributed by atoms with van der Waals surface area (Å²) >= 11 is 0. The molecule has 134 valence electrons. The molecule has 0 saturated heterocycles. The SMILES string of the molecule is CC(=O)OCCOP(=O)(O)O.CN.O=c1ccc2ccccc2o1. The molecule has 0 fully saturated rings. The number of carbonyl (C=O) groups excluding carboxylic acids is 1. The van der Waals surface area contributed by atoms with E-state index < -0.39 is 13.8 Å². The fourth-order valence-electron chi connectivity index (χ4n) is 1.35. The zero-order valence-corrected chi connectivity index (χ0v) is 14.1. The van der Waals surface area contributed by atoms with Gasteiger partial charge in [0, 0.05) is 18.4 Å². The van der Waals surface area contributed by atoms with Crippen LogP contribution in [0, 0.1) is 0 Å². The Hall–Kier alpha value is -2.03. The molecule has 0 spiro atoms. The molecule has 2 rings (SSSR count). The third kappa shape index (κ3) is 10.7. The highest BCUT2D eigenvalue weighted by Gasteiger charge is 2.12. The van der Waals surface area contributed by atoms with Crippen molar-refractivity contribution in [3.63, 3.8) is 0 Å². The van der Waals surface area contributed by atoms with E-state index in [2.05, 4.69) is 15.0 Å². The second kappa shape index (κ2) is 11.5. The van der Waals surface area contributed by atoms with Gasteiger partial charge in [-0.15, -0.1) is 0 Å². The molecule has 0 aliphatic heterocycles. The normalized spacial score (nSPS) is 10.0. The molecule has 0 aliphatic rings. The lowest BCUT2D eigenvalue weighted by Gasteiger charge is -2.04. The highest BCUT2D eigenvalue weighted by atomic mass is 31.2. The lowest BCUT2D eigenvalue weighted by Crippen LogP contribution is -2.06. The van der Waals surface area contributed by atoms with Gasteiger partial charge in [-0.25, -0.2) is 9.36 Å². The summed E-state index contributed by atoms with van der Waals surface area (Å²) in [6.07, 6.45) is 0. The van der Waals surface area contributed by atoms with Gasteiger partial charge in [0.2, 0.25) is 0 Å². The summed E-state index contributed by atoms with van der Waals surface area (Å²) in [5.74, 6) is -0.515. The summed E-state index contributed by atoms with van der Waals surface area (Å²) in [7, 11) is -2.92. The number of benzene rings is 1. The molecule has 0 unspecified atom stereocenters. The molecular weight excluding hydrogens is 341 g/mol. The van der Waals surface area contributed by atoms with Crippen LogP contribution in [-0.4, -0.2) is 36.0 Å². The van der Waals surface area contributed by atoms with Crippen LogP contribution in [0.4, 0.5) is 0 Å². The maximum absolute atomic E-state index is 10.7. The largest absolute Gasteiger partial charge is 0.469 e. The van der Waals surface area contributed by atoms with E-state index in [1.807, 2.05) is 18.2 Å². The van der Waals surface area contributed by atoms with Crippen molar-refractivity contribution >= 4 is 24.8 Å². The number of ether oxygens (including phenoxy) is 1. The Kier molecular flexibility index (Phi) is 10.5. The van der Waals surface area contributed by atoms with E-state index in [0.717, 1.165) is 5.39 Å². The smallest absolute Gasteiger partial charge is 0.463 e. The molecular formula is C14H20NO8P. The fraction of sp³-hybridized carbons (Fsp3) is 0.286. The van der Waals surface area contributed by atoms with Crippen LogP contribution in [0.25, 0.3) is 11.0 Å². The number of esters is 1. The minimum Gasteiger partial charge on any atom is -0.463 e. The molecule has 0 radical (unpaired) electrons. The molecule has 4 N–H and O–H groups in total. The van der Waals surface area contributed by atoms with Crippen molar-refractivity contribution in [1.82, 2.24) is 0 Å². The maximum Gasteiger partial charge on any atom is 0.469 e. The molecule has 9 nitrogen and oxygen atoms in total. The van der Waals surface area contributed by atoms with E-state index in [1.165, 1.54) is 20.0 Å². The molecule has 1 heterocycles. The molecule has 0 saturated carbocycles. The van der Waals surface area contributed by atoms with Gasteiger partial charge in [0.05, 0.1) is 6.61 Å². The first-order valence-electron chi connectivity index (χ1n) is 6.68. The quantitative estimate of drug-likeness (QED) is 0.314. The lowest BCUT2D eigenvalue weighted by molar-refractivity contribution is -0.141. The molecule has 0 atom stereocenters. The first-order chi connectivity index (χ1) is 11.3. The molecule has 1 aromatic heterocycles. The third-order valence-corrected chi connectivity index (χ3v) is 2.70. The molecule has 0 amide bonds. The minimum atomic E-state index is -4.42. The van der Waals surface area contributed by atoms with Crippen LogP contribution in [0.5, 0.6) is 0 Å². The number of rotatable bonds is 4. The number of hydrogen-bond donors (Lipinski definition) is 3. The summed E-state index contributed by atoms with van der Waals surface area (Å²) in [4.78, 5) is 37.1. The summed E-state index contributed by atoms with van der Waals surface area (Å²) in [6, 6.07) is 10.6. The van der Waals surface area contributed by atoms with E-state index in [9.17, 15) is 14.2 Å². The average molecular weight is 361 g/mol. The van der Waals surface area contributed by atoms with E-state index in [0.29, 0.717) is 5.58 Å². The topological polar surface area (TPSA) is 149 Å². The van der Waals surface area contributed by atoms with E-state index in [-0.39, 0.29) is 18.8 Å². The number of nitrogens with two attached hydrogens (primary N) is 1. The van der Waals surface area contributed by atoms with Crippen LogP contribution in [0.1, 0.15) is 6.92 Å². The summed E-state index contributed by atoms with van der Waals surface area (Å²) in [5.41, 5.74) is 4.84. The molecule has 0 bridgehead atoms. The maximum atomic E-state index is 10.7. The van der Waals surface area contributed by atoms with Crippen LogP contribution in [0.3, 0.4) is 0 Å². The van der Waals surface area contributed by atoms with Crippen LogP contribution >= 0.6 is 7.82 Å². The number of fused-ring (bicyclic) bond motifs is 1. The molecule has 1 aromatic carbocycles.